The molecule has 0 atom stereocenters. The Morgan fingerprint density at radius 1 is 0.759 bits per heavy atom. The number of aromatic nitrogens is 1. The van der Waals surface area contributed by atoms with Gasteiger partial charge in [-0.05, 0) is 42.5 Å². The summed E-state index contributed by atoms with van der Waals surface area (Å²) in [6.07, 6.45) is 0. The summed E-state index contributed by atoms with van der Waals surface area (Å²) in [6.45, 7) is -0.152. The lowest BCUT2D eigenvalue weighted by atomic mass is 10.0. The van der Waals surface area contributed by atoms with Gasteiger partial charge >= 0.3 is 0 Å². The van der Waals surface area contributed by atoms with Crippen molar-refractivity contribution in [3.8, 4) is 5.75 Å². The first-order chi connectivity index (χ1) is 14.2. The number of fused-ring (bicyclic) bond motifs is 1. The van der Waals surface area contributed by atoms with Gasteiger partial charge in [0.25, 0.3) is 5.91 Å². The molecule has 1 N–H and O–H groups in total. The van der Waals surface area contributed by atoms with Crippen molar-refractivity contribution in [3.05, 3.63) is 102 Å². The van der Waals surface area contributed by atoms with Crippen LogP contribution in [-0.2, 0) is 4.79 Å². The third-order valence-electron chi connectivity index (χ3n) is 4.39. The van der Waals surface area contributed by atoms with Crippen LogP contribution in [0.5, 0.6) is 5.75 Å². The molecule has 4 aromatic rings. The second-order valence-corrected chi connectivity index (χ2v) is 6.45. The predicted molar refractivity (Wildman–Crippen MR) is 112 cm³/mol. The summed E-state index contributed by atoms with van der Waals surface area (Å²) >= 11 is 0. The van der Waals surface area contributed by atoms with Crippen molar-refractivity contribution >= 4 is 28.4 Å². The maximum atomic E-state index is 12.4. The first kappa shape index (κ1) is 18.4. The highest BCUT2D eigenvalue weighted by molar-refractivity contribution is 6.09. The molecule has 5 nitrogen and oxygen atoms in total. The van der Waals surface area contributed by atoms with Gasteiger partial charge in [-0.15, -0.1) is 0 Å². The molecule has 142 valence electrons. The molecule has 0 fully saturated rings. The Balaban J connectivity index is 1.34. The van der Waals surface area contributed by atoms with Gasteiger partial charge in [0.15, 0.2) is 12.4 Å². The Morgan fingerprint density at radius 3 is 2.24 bits per heavy atom. The van der Waals surface area contributed by atoms with Crippen LogP contribution in [0, 0.1) is 0 Å². The molecule has 0 aliphatic carbocycles. The van der Waals surface area contributed by atoms with Crippen molar-refractivity contribution in [1.29, 1.82) is 0 Å². The van der Waals surface area contributed by atoms with Crippen LogP contribution in [0.1, 0.15) is 15.9 Å². The largest absolute Gasteiger partial charge is 0.484 e. The van der Waals surface area contributed by atoms with E-state index in [-0.39, 0.29) is 18.3 Å². The van der Waals surface area contributed by atoms with E-state index in [9.17, 15) is 9.59 Å². The van der Waals surface area contributed by atoms with Gasteiger partial charge in [0.1, 0.15) is 11.6 Å². The van der Waals surface area contributed by atoms with E-state index in [0.717, 1.165) is 10.9 Å². The van der Waals surface area contributed by atoms with E-state index < -0.39 is 0 Å². The van der Waals surface area contributed by atoms with E-state index >= 15 is 0 Å². The zero-order valence-electron chi connectivity index (χ0n) is 15.5. The van der Waals surface area contributed by atoms with Gasteiger partial charge in [-0.3, -0.25) is 9.59 Å². The van der Waals surface area contributed by atoms with Crippen molar-refractivity contribution in [2.24, 2.45) is 0 Å². The van der Waals surface area contributed by atoms with E-state index in [1.165, 1.54) is 0 Å². The van der Waals surface area contributed by atoms with Crippen LogP contribution in [0.2, 0.25) is 0 Å². The van der Waals surface area contributed by atoms with Crippen LogP contribution >= 0.6 is 0 Å². The molecule has 3 aromatic carbocycles. The third kappa shape index (κ3) is 4.47. The maximum absolute atomic E-state index is 12.4. The monoisotopic (exact) mass is 382 g/mol. The Kier molecular flexibility index (Phi) is 5.29. The molecule has 0 bridgehead atoms. The zero-order valence-corrected chi connectivity index (χ0v) is 15.5. The molecule has 5 heteroatoms. The van der Waals surface area contributed by atoms with Gasteiger partial charge in [-0.1, -0.05) is 48.5 Å². The number of anilines is 1. The number of hydrogen-bond acceptors (Lipinski definition) is 4. The maximum Gasteiger partial charge on any atom is 0.263 e. The quantitative estimate of drug-likeness (QED) is 0.499. The molecule has 1 amide bonds. The lowest BCUT2D eigenvalue weighted by Crippen LogP contribution is -2.20. The van der Waals surface area contributed by atoms with Crippen molar-refractivity contribution in [2.75, 3.05) is 11.9 Å². The Hall–Kier alpha value is -3.99. The predicted octanol–water partition coefficient (Wildman–Crippen LogP) is 4.48. The van der Waals surface area contributed by atoms with Gasteiger partial charge in [0.2, 0.25) is 0 Å². The average Bonchev–Trinajstić information content (AvgIpc) is 2.78. The number of ketones is 1. The number of nitrogens with zero attached hydrogens (tertiary/aromatic N) is 1. The second-order valence-electron chi connectivity index (χ2n) is 6.45. The summed E-state index contributed by atoms with van der Waals surface area (Å²) in [5, 5.41) is 3.73. The fourth-order valence-corrected chi connectivity index (χ4v) is 2.92. The van der Waals surface area contributed by atoms with Gasteiger partial charge in [0, 0.05) is 16.5 Å². The molecule has 0 saturated heterocycles. The topological polar surface area (TPSA) is 68.3 Å². The summed E-state index contributed by atoms with van der Waals surface area (Å²) in [5.74, 6) is 0.617. The lowest BCUT2D eigenvalue weighted by Gasteiger charge is -2.08. The smallest absolute Gasteiger partial charge is 0.263 e. The Labute approximate surface area is 168 Å². The van der Waals surface area contributed by atoms with E-state index in [1.807, 2.05) is 48.5 Å². The van der Waals surface area contributed by atoms with Crippen molar-refractivity contribution in [1.82, 2.24) is 4.98 Å². The van der Waals surface area contributed by atoms with Gasteiger partial charge in [-0.25, -0.2) is 4.98 Å². The first-order valence-electron chi connectivity index (χ1n) is 9.17. The molecule has 29 heavy (non-hydrogen) atoms. The average molecular weight is 382 g/mol. The Bertz CT molecular complexity index is 1160. The highest BCUT2D eigenvalue weighted by atomic mass is 16.5. The number of para-hydroxylation sites is 1. The van der Waals surface area contributed by atoms with E-state index in [0.29, 0.717) is 22.7 Å². The van der Waals surface area contributed by atoms with E-state index in [4.69, 9.17) is 4.74 Å². The number of pyridine rings is 1. The van der Waals surface area contributed by atoms with Crippen LogP contribution < -0.4 is 10.1 Å². The molecule has 0 spiro atoms. The van der Waals surface area contributed by atoms with Gasteiger partial charge in [-0.2, -0.15) is 0 Å². The number of hydrogen-bond donors (Lipinski definition) is 1. The number of benzene rings is 3. The van der Waals surface area contributed by atoms with E-state index in [2.05, 4.69) is 10.3 Å². The molecular formula is C24H18N2O3. The number of nitrogens with one attached hydrogen (secondary N) is 1. The molecule has 4 rings (SSSR count). The molecule has 1 heterocycles. The molecule has 0 aliphatic rings. The first-order valence-corrected chi connectivity index (χ1v) is 9.17. The molecule has 0 unspecified atom stereocenters. The van der Waals surface area contributed by atoms with Crippen LogP contribution in [0.25, 0.3) is 10.9 Å². The van der Waals surface area contributed by atoms with E-state index in [1.54, 1.807) is 42.5 Å². The summed E-state index contributed by atoms with van der Waals surface area (Å²) in [7, 11) is 0. The standard InChI is InChI=1S/C24H18N2O3/c27-23(26-22-15-12-17-6-4-5-9-21(17)25-22)16-29-20-13-10-19(11-14-20)24(28)18-7-2-1-3-8-18/h1-15H,16H2,(H,25,26,27). The van der Waals surface area contributed by atoms with Crippen LogP contribution in [0.15, 0.2) is 91.0 Å². The number of ether oxygens (including phenoxy) is 1. The Morgan fingerprint density at radius 2 is 1.45 bits per heavy atom. The van der Waals surface area contributed by atoms with Crippen molar-refractivity contribution in [2.45, 2.75) is 0 Å². The second kappa shape index (κ2) is 8.35. The third-order valence-corrected chi connectivity index (χ3v) is 4.39. The molecule has 0 radical (unpaired) electrons. The fraction of sp³-hybridized carbons (Fsp3) is 0.0417. The van der Waals surface area contributed by atoms with Crippen molar-refractivity contribution in [3.63, 3.8) is 0 Å². The zero-order chi connectivity index (χ0) is 20.1. The molecule has 0 saturated carbocycles. The van der Waals surface area contributed by atoms with Crippen LogP contribution in [0.3, 0.4) is 0 Å². The van der Waals surface area contributed by atoms with Gasteiger partial charge < -0.3 is 10.1 Å². The SMILES string of the molecule is O=C(COc1ccc(C(=O)c2ccccc2)cc1)Nc1ccc2ccccc2n1. The summed E-state index contributed by atoms with van der Waals surface area (Å²) in [4.78, 5) is 29.0. The molecule has 0 aliphatic heterocycles. The highest BCUT2D eigenvalue weighted by Gasteiger charge is 2.09. The van der Waals surface area contributed by atoms with Crippen LogP contribution in [0.4, 0.5) is 5.82 Å². The summed E-state index contributed by atoms with van der Waals surface area (Å²) in [5.41, 5.74) is 2.00. The normalized spacial score (nSPS) is 10.5. The molecular weight excluding hydrogens is 364 g/mol. The van der Waals surface area contributed by atoms with Crippen molar-refractivity contribution < 1.29 is 14.3 Å². The number of rotatable bonds is 6. The number of amides is 1. The minimum Gasteiger partial charge on any atom is -0.484 e. The fourth-order valence-electron chi connectivity index (χ4n) is 2.92. The lowest BCUT2D eigenvalue weighted by molar-refractivity contribution is -0.118. The molecule has 1 aromatic heterocycles. The summed E-state index contributed by atoms with van der Waals surface area (Å²) < 4.78 is 5.52. The number of carbonyl (C=O) groups excluding carboxylic acids is 2. The highest BCUT2D eigenvalue weighted by Crippen LogP contribution is 2.17. The minimum atomic E-state index is -0.308. The van der Waals surface area contributed by atoms with Gasteiger partial charge in [0.05, 0.1) is 5.52 Å². The minimum absolute atomic E-state index is 0.0581. The summed E-state index contributed by atoms with van der Waals surface area (Å²) in [6, 6.07) is 27.2. The number of carbonyl (C=O) groups is 2. The van der Waals surface area contributed by atoms with Crippen LogP contribution in [-0.4, -0.2) is 23.3 Å².